The third-order valence-corrected chi connectivity index (χ3v) is 3.55. The maximum absolute atomic E-state index is 11.1. The van der Waals surface area contributed by atoms with Gasteiger partial charge in [-0.15, -0.1) is 0 Å². The molecule has 0 aliphatic carbocycles. The first-order valence-electron chi connectivity index (χ1n) is 4.03. The van der Waals surface area contributed by atoms with Crippen molar-refractivity contribution in [2.75, 3.05) is 4.72 Å². The van der Waals surface area contributed by atoms with Gasteiger partial charge >= 0.3 is 0 Å². The van der Waals surface area contributed by atoms with Gasteiger partial charge in [-0.2, -0.15) is 0 Å². The Balaban J connectivity index is 3.02. The van der Waals surface area contributed by atoms with Crippen LogP contribution < -0.4 is 9.86 Å². The van der Waals surface area contributed by atoms with Gasteiger partial charge < -0.3 is 0 Å². The van der Waals surface area contributed by atoms with Gasteiger partial charge in [0, 0.05) is 11.1 Å². The van der Waals surface area contributed by atoms with Crippen LogP contribution in [0, 0.1) is 0 Å². The van der Waals surface area contributed by atoms with E-state index in [0.29, 0.717) is 0 Å². The van der Waals surface area contributed by atoms with Crippen molar-refractivity contribution in [2.24, 2.45) is 5.14 Å². The summed E-state index contributed by atoms with van der Waals surface area (Å²) in [4.78, 5) is -0.0888. The van der Waals surface area contributed by atoms with Crippen LogP contribution in [0.5, 0.6) is 0 Å². The van der Waals surface area contributed by atoms with E-state index in [1.165, 1.54) is 24.3 Å². The van der Waals surface area contributed by atoms with Crippen molar-refractivity contribution in [2.45, 2.75) is 4.90 Å². The summed E-state index contributed by atoms with van der Waals surface area (Å²) in [5.41, 5.74) is 0.229. The van der Waals surface area contributed by atoms with Gasteiger partial charge in [0.2, 0.25) is 10.0 Å². The smallest absolute Gasteiger partial charge is 0.254 e. The number of rotatable bonds is 4. The van der Waals surface area contributed by atoms with Gasteiger partial charge in [0.15, 0.2) is 0 Å². The molecule has 1 aromatic rings. The van der Waals surface area contributed by atoms with Crippen LogP contribution in [0.15, 0.2) is 41.1 Å². The summed E-state index contributed by atoms with van der Waals surface area (Å²) in [5.74, 6) is 0. The minimum Gasteiger partial charge on any atom is -0.280 e. The van der Waals surface area contributed by atoms with Crippen LogP contribution in [0.25, 0.3) is 0 Å². The minimum absolute atomic E-state index is 0.0888. The first kappa shape index (κ1) is 12.7. The zero-order valence-electron chi connectivity index (χ0n) is 8.12. The molecule has 1 aromatic carbocycles. The summed E-state index contributed by atoms with van der Waals surface area (Å²) in [6.07, 6.45) is 0. The topological polar surface area (TPSA) is 106 Å². The fraction of sp³-hybridized carbons (Fsp3) is 0. The largest absolute Gasteiger partial charge is 0.280 e. The molecule has 0 aliphatic heterocycles. The Kier molecular flexibility index (Phi) is 3.36. The Morgan fingerprint density at radius 1 is 1.12 bits per heavy atom. The predicted molar refractivity (Wildman–Crippen MR) is 60.6 cm³/mol. The zero-order chi connectivity index (χ0) is 12.4. The van der Waals surface area contributed by atoms with Gasteiger partial charge in [-0.05, 0) is 24.3 Å². The predicted octanol–water partition coefficient (Wildman–Crippen LogP) is 0.219. The standard InChI is InChI=1S/C8H10N2O4S2/c1-2-15(11,12)10-7-3-5-8(6-4-7)16(9,13)14/h2-6,10H,1H2,(H2,9,13,14). The van der Waals surface area contributed by atoms with E-state index in [9.17, 15) is 16.8 Å². The van der Waals surface area contributed by atoms with Gasteiger partial charge in [0.25, 0.3) is 10.0 Å². The zero-order valence-corrected chi connectivity index (χ0v) is 9.75. The fourth-order valence-corrected chi connectivity index (χ4v) is 1.98. The molecule has 8 heteroatoms. The fourth-order valence-electron chi connectivity index (χ4n) is 0.919. The van der Waals surface area contributed by atoms with Crippen LogP contribution in [0.4, 0.5) is 5.69 Å². The third-order valence-electron chi connectivity index (χ3n) is 1.66. The van der Waals surface area contributed by atoms with Gasteiger partial charge in [-0.25, -0.2) is 22.0 Å². The van der Waals surface area contributed by atoms with Crippen molar-refractivity contribution in [1.29, 1.82) is 0 Å². The lowest BCUT2D eigenvalue weighted by Gasteiger charge is -2.04. The minimum atomic E-state index is -3.77. The highest BCUT2D eigenvalue weighted by atomic mass is 32.2. The van der Waals surface area contributed by atoms with E-state index in [1.807, 2.05) is 0 Å². The van der Waals surface area contributed by atoms with E-state index in [4.69, 9.17) is 5.14 Å². The van der Waals surface area contributed by atoms with Crippen molar-refractivity contribution >= 4 is 25.7 Å². The summed E-state index contributed by atoms with van der Waals surface area (Å²) < 4.78 is 46.1. The second kappa shape index (κ2) is 4.24. The maximum Gasteiger partial charge on any atom is 0.254 e. The number of anilines is 1. The van der Waals surface area contributed by atoms with E-state index < -0.39 is 20.0 Å². The average molecular weight is 262 g/mol. The van der Waals surface area contributed by atoms with Gasteiger partial charge in [-0.3, -0.25) is 4.72 Å². The molecule has 0 radical (unpaired) electrons. The number of hydrogen-bond acceptors (Lipinski definition) is 4. The maximum atomic E-state index is 11.1. The second-order valence-corrected chi connectivity index (χ2v) is 6.07. The molecule has 16 heavy (non-hydrogen) atoms. The SMILES string of the molecule is C=CS(=O)(=O)Nc1ccc(S(N)(=O)=O)cc1. The van der Waals surface area contributed by atoms with E-state index in [1.54, 1.807) is 0 Å². The molecule has 0 bridgehead atoms. The van der Waals surface area contributed by atoms with Crippen molar-refractivity contribution in [1.82, 2.24) is 0 Å². The number of benzene rings is 1. The lowest BCUT2D eigenvalue weighted by molar-refractivity contribution is 0.597. The van der Waals surface area contributed by atoms with E-state index >= 15 is 0 Å². The summed E-state index contributed by atoms with van der Waals surface area (Å²) in [7, 11) is -7.35. The monoisotopic (exact) mass is 262 g/mol. The average Bonchev–Trinajstić information content (AvgIpc) is 2.16. The number of primary sulfonamides is 1. The molecule has 6 nitrogen and oxygen atoms in total. The number of hydrogen-bond donors (Lipinski definition) is 2. The molecule has 0 fully saturated rings. The number of sulfonamides is 2. The third kappa shape index (κ3) is 3.33. The molecule has 0 heterocycles. The lowest BCUT2D eigenvalue weighted by atomic mass is 10.3. The Morgan fingerprint density at radius 3 is 2.00 bits per heavy atom. The molecule has 0 atom stereocenters. The Labute approximate surface area is 93.9 Å². The van der Waals surface area contributed by atoms with Gasteiger partial charge in [0.1, 0.15) is 0 Å². The molecule has 0 spiro atoms. The quantitative estimate of drug-likeness (QED) is 0.809. The van der Waals surface area contributed by atoms with Crippen molar-refractivity contribution in [3.8, 4) is 0 Å². The first-order valence-corrected chi connectivity index (χ1v) is 7.12. The molecule has 0 saturated carbocycles. The molecule has 3 N–H and O–H groups in total. The van der Waals surface area contributed by atoms with Crippen LogP contribution in [-0.2, 0) is 20.0 Å². The van der Waals surface area contributed by atoms with E-state index in [-0.39, 0.29) is 10.6 Å². The van der Waals surface area contributed by atoms with E-state index in [0.717, 1.165) is 5.41 Å². The second-order valence-electron chi connectivity index (χ2n) is 2.88. The van der Waals surface area contributed by atoms with E-state index in [2.05, 4.69) is 11.3 Å². The first-order chi connectivity index (χ1) is 7.24. The Bertz CT molecular complexity index is 587. The number of nitrogens with one attached hydrogen (secondary N) is 1. The molecule has 1 rings (SSSR count). The summed E-state index contributed by atoms with van der Waals surface area (Å²) in [6, 6.07) is 4.99. The van der Waals surface area contributed by atoms with Crippen molar-refractivity contribution < 1.29 is 16.8 Å². The highest BCUT2D eigenvalue weighted by Crippen LogP contribution is 2.14. The highest BCUT2D eigenvalue weighted by molar-refractivity contribution is 7.95. The summed E-state index contributed by atoms with van der Waals surface area (Å²) in [5, 5.41) is 5.63. The Morgan fingerprint density at radius 2 is 1.62 bits per heavy atom. The molecule has 0 aliphatic rings. The molecule has 88 valence electrons. The highest BCUT2D eigenvalue weighted by Gasteiger charge is 2.08. The normalized spacial score (nSPS) is 12.1. The lowest BCUT2D eigenvalue weighted by Crippen LogP contribution is -2.12. The van der Waals surface area contributed by atoms with Crippen LogP contribution >= 0.6 is 0 Å². The van der Waals surface area contributed by atoms with Crippen molar-refractivity contribution in [3.05, 3.63) is 36.3 Å². The van der Waals surface area contributed by atoms with Gasteiger partial charge in [-0.1, -0.05) is 6.58 Å². The van der Waals surface area contributed by atoms with Crippen LogP contribution in [0.1, 0.15) is 0 Å². The van der Waals surface area contributed by atoms with Crippen LogP contribution in [0.3, 0.4) is 0 Å². The van der Waals surface area contributed by atoms with Crippen molar-refractivity contribution in [3.63, 3.8) is 0 Å². The molecule has 0 aromatic heterocycles. The summed E-state index contributed by atoms with van der Waals surface area (Å²) in [6.45, 7) is 3.12. The molecule has 0 amide bonds. The number of nitrogens with two attached hydrogens (primary N) is 1. The van der Waals surface area contributed by atoms with Crippen LogP contribution in [-0.4, -0.2) is 16.8 Å². The van der Waals surface area contributed by atoms with Gasteiger partial charge in [0.05, 0.1) is 4.90 Å². The molecule has 0 unspecified atom stereocenters. The summed E-state index contributed by atoms with van der Waals surface area (Å²) >= 11 is 0. The molecular formula is C8H10N2O4S2. The Hall–Kier alpha value is -1.38. The molecular weight excluding hydrogens is 252 g/mol. The van der Waals surface area contributed by atoms with Crippen LogP contribution in [0.2, 0.25) is 0 Å². The molecule has 0 saturated heterocycles.